The van der Waals surface area contributed by atoms with Gasteiger partial charge in [0.15, 0.2) is 0 Å². The van der Waals surface area contributed by atoms with Crippen LogP contribution in [-0.2, 0) is 0 Å². The third-order valence-corrected chi connectivity index (χ3v) is 2.88. The van der Waals surface area contributed by atoms with Gasteiger partial charge in [-0.3, -0.25) is 4.79 Å². The molecule has 0 fully saturated rings. The molecule has 17 heavy (non-hydrogen) atoms. The Morgan fingerprint density at radius 3 is 2.65 bits per heavy atom. The number of nitrogens with one attached hydrogen (secondary N) is 1. The summed E-state index contributed by atoms with van der Waals surface area (Å²) in [5, 5.41) is 0. The van der Waals surface area contributed by atoms with Gasteiger partial charge in [0.25, 0.3) is 5.91 Å². The van der Waals surface area contributed by atoms with Crippen LogP contribution < -0.4 is 11.3 Å². The number of anilines is 1. The van der Waals surface area contributed by atoms with Crippen molar-refractivity contribution in [3.8, 4) is 0 Å². The van der Waals surface area contributed by atoms with Crippen LogP contribution in [0.1, 0.15) is 37.6 Å². The molecule has 1 unspecified atom stereocenters. The molecule has 1 amide bonds. The third kappa shape index (κ3) is 3.17. The zero-order valence-corrected chi connectivity index (χ0v) is 10.6. The first kappa shape index (κ1) is 13.4. The van der Waals surface area contributed by atoms with Gasteiger partial charge in [0.1, 0.15) is 5.82 Å². The Labute approximate surface area is 102 Å². The van der Waals surface area contributed by atoms with Crippen molar-refractivity contribution in [1.82, 2.24) is 9.88 Å². The van der Waals surface area contributed by atoms with Crippen molar-refractivity contribution in [2.75, 3.05) is 12.0 Å². The molecule has 0 radical (unpaired) electrons. The van der Waals surface area contributed by atoms with Crippen LogP contribution in [0.15, 0.2) is 18.3 Å². The van der Waals surface area contributed by atoms with E-state index in [4.69, 9.17) is 5.84 Å². The third-order valence-electron chi connectivity index (χ3n) is 2.88. The lowest BCUT2D eigenvalue weighted by Gasteiger charge is -2.27. The zero-order valence-electron chi connectivity index (χ0n) is 10.6. The Morgan fingerprint density at radius 2 is 2.24 bits per heavy atom. The number of nitrogens with zero attached hydrogens (tertiary/aromatic N) is 2. The van der Waals surface area contributed by atoms with Crippen molar-refractivity contribution >= 4 is 11.7 Å². The fourth-order valence-corrected chi connectivity index (χ4v) is 1.65. The largest absolute Gasteiger partial charge is 0.336 e. The Kier molecular flexibility index (Phi) is 4.90. The minimum Gasteiger partial charge on any atom is -0.336 e. The number of hydrazine groups is 1. The van der Waals surface area contributed by atoms with Crippen LogP contribution in [0.2, 0.25) is 0 Å². The number of amides is 1. The number of aromatic nitrogens is 1. The second-order valence-electron chi connectivity index (χ2n) is 3.92. The van der Waals surface area contributed by atoms with E-state index in [-0.39, 0.29) is 11.9 Å². The number of hydrogen-bond acceptors (Lipinski definition) is 4. The van der Waals surface area contributed by atoms with Crippen molar-refractivity contribution < 1.29 is 4.79 Å². The molecule has 0 aromatic carbocycles. The van der Waals surface area contributed by atoms with Crippen LogP contribution in [0.4, 0.5) is 5.82 Å². The molecule has 1 aromatic rings. The van der Waals surface area contributed by atoms with Gasteiger partial charge in [0.2, 0.25) is 0 Å². The lowest BCUT2D eigenvalue weighted by atomic mass is 10.1. The lowest BCUT2D eigenvalue weighted by molar-refractivity contribution is 0.0699. The van der Waals surface area contributed by atoms with E-state index in [1.807, 2.05) is 18.7 Å². The van der Waals surface area contributed by atoms with E-state index in [1.54, 1.807) is 18.3 Å². The standard InChI is InChI=1S/C12H20N4O/c1-4-9(3)16(5-2)12(17)10-6-7-11(15-13)14-8-10/h6-9H,4-5,13H2,1-3H3,(H,14,15). The first-order valence-corrected chi connectivity index (χ1v) is 5.87. The smallest absolute Gasteiger partial charge is 0.255 e. The Hall–Kier alpha value is -1.62. The molecule has 94 valence electrons. The zero-order chi connectivity index (χ0) is 12.8. The highest BCUT2D eigenvalue weighted by molar-refractivity contribution is 5.94. The van der Waals surface area contributed by atoms with Gasteiger partial charge in [-0.1, -0.05) is 6.92 Å². The van der Waals surface area contributed by atoms with Crippen molar-refractivity contribution in [1.29, 1.82) is 0 Å². The average molecular weight is 236 g/mol. The number of hydrogen-bond donors (Lipinski definition) is 2. The van der Waals surface area contributed by atoms with E-state index in [2.05, 4.69) is 17.3 Å². The van der Waals surface area contributed by atoms with E-state index < -0.39 is 0 Å². The summed E-state index contributed by atoms with van der Waals surface area (Å²) in [5.41, 5.74) is 3.02. The molecule has 0 saturated carbocycles. The monoisotopic (exact) mass is 236 g/mol. The minimum atomic E-state index is 0.0120. The molecule has 1 rings (SSSR count). The minimum absolute atomic E-state index is 0.0120. The molecular weight excluding hydrogens is 216 g/mol. The molecule has 0 aliphatic heterocycles. The Balaban J connectivity index is 2.86. The molecule has 0 aliphatic rings. The maximum atomic E-state index is 12.2. The maximum absolute atomic E-state index is 12.2. The number of carbonyl (C=O) groups excluding carboxylic acids is 1. The Bertz CT molecular complexity index is 363. The molecule has 0 spiro atoms. The van der Waals surface area contributed by atoms with E-state index >= 15 is 0 Å². The predicted molar refractivity (Wildman–Crippen MR) is 68.5 cm³/mol. The summed E-state index contributed by atoms with van der Waals surface area (Å²) in [6.07, 6.45) is 2.48. The molecule has 5 heteroatoms. The normalized spacial score (nSPS) is 12.0. The van der Waals surface area contributed by atoms with E-state index in [0.29, 0.717) is 17.9 Å². The quantitative estimate of drug-likeness (QED) is 0.602. The first-order valence-electron chi connectivity index (χ1n) is 5.87. The molecule has 0 saturated heterocycles. The van der Waals surface area contributed by atoms with Gasteiger partial charge in [-0.2, -0.15) is 0 Å². The van der Waals surface area contributed by atoms with Gasteiger partial charge < -0.3 is 10.3 Å². The summed E-state index contributed by atoms with van der Waals surface area (Å²) >= 11 is 0. The molecule has 0 aliphatic carbocycles. The molecular formula is C12H20N4O. The summed E-state index contributed by atoms with van der Waals surface area (Å²) in [4.78, 5) is 18.1. The molecule has 5 nitrogen and oxygen atoms in total. The second kappa shape index (κ2) is 6.20. The van der Waals surface area contributed by atoms with E-state index in [0.717, 1.165) is 6.42 Å². The molecule has 1 heterocycles. The highest BCUT2D eigenvalue weighted by atomic mass is 16.2. The summed E-state index contributed by atoms with van der Waals surface area (Å²) in [6.45, 7) is 6.79. The summed E-state index contributed by atoms with van der Waals surface area (Å²) in [5.74, 6) is 5.79. The summed E-state index contributed by atoms with van der Waals surface area (Å²) in [7, 11) is 0. The van der Waals surface area contributed by atoms with Crippen LogP contribution in [0.3, 0.4) is 0 Å². The number of nitrogens with two attached hydrogens (primary N) is 1. The van der Waals surface area contributed by atoms with Crippen molar-refractivity contribution in [3.63, 3.8) is 0 Å². The van der Waals surface area contributed by atoms with Gasteiger partial charge in [0.05, 0.1) is 5.56 Å². The summed E-state index contributed by atoms with van der Waals surface area (Å²) < 4.78 is 0. The molecule has 1 atom stereocenters. The van der Waals surface area contributed by atoms with Crippen LogP contribution in [0.25, 0.3) is 0 Å². The van der Waals surface area contributed by atoms with Crippen LogP contribution >= 0.6 is 0 Å². The lowest BCUT2D eigenvalue weighted by Crippen LogP contribution is -2.38. The van der Waals surface area contributed by atoms with Crippen molar-refractivity contribution in [2.24, 2.45) is 5.84 Å². The first-order chi connectivity index (χ1) is 8.13. The molecule has 0 bridgehead atoms. The number of nitrogen functional groups attached to an aromatic ring is 1. The second-order valence-corrected chi connectivity index (χ2v) is 3.92. The number of pyridine rings is 1. The van der Waals surface area contributed by atoms with E-state index in [1.165, 1.54) is 0 Å². The predicted octanol–water partition coefficient (Wildman–Crippen LogP) is 1.63. The average Bonchev–Trinajstić information content (AvgIpc) is 2.39. The van der Waals surface area contributed by atoms with Gasteiger partial charge in [0, 0.05) is 18.8 Å². The fourth-order valence-electron chi connectivity index (χ4n) is 1.65. The summed E-state index contributed by atoms with van der Waals surface area (Å²) in [6, 6.07) is 3.66. The fraction of sp³-hybridized carbons (Fsp3) is 0.500. The molecule has 3 N–H and O–H groups in total. The van der Waals surface area contributed by atoms with E-state index in [9.17, 15) is 4.79 Å². The SMILES string of the molecule is CCC(C)N(CC)C(=O)c1ccc(NN)nc1. The topological polar surface area (TPSA) is 71.2 Å². The molecule has 1 aromatic heterocycles. The highest BCUT2D eigenvalue weighted by Gasteiger charge is 2.18. The maximum Gasteiger partial charge on any atom is 0.255 e. The van der Waals surface area contributed by atoms with Crippen molar-refractivity contribution in [2.45, 2.75) is 33.2 Å². The van der Waals surface area contributed by atoms with Crippen molar-refractivity contribution in [3.05, 3.63) is 23.9 Å². The number of carbonyl (C=O) groups is 1. The highest BCUT2D eigenvalue weighted by Crippen LogP contribution is 2.11. The van der Waals surface area contributed by atoms with Crippen LogP contribution in [0.5, 0.6) is 0 Å². The van der Waals surface area contributed by atoms with Gasteiger partial charge >= 0.3 is 0 Å². The van der Waals surface area contributed by atoms with Gasteiger partial charge in [-0.25, -0.2) is 10.8 Å². The number of rotatable bonds is 5. The van der Waals surface area contributed by atoms with Gasteiger partial charge in [-0.05, 0) is 32.4 Å². The van der Waals surface area contributed by atoms with Gasteiger partial charge in [-0.15, -0.1) is 0 Å². The van der Waals surface area contributed by atoms with Crippen LogP contribution in [-0.4, -0.2) is 28.4 Å². The Morgan fingerprint density at radius 1 is 1.53 bits per heavy atom. The van der Waals surface area contributed by atoms with Crippen LogP contribution in [0, 0.1) is 0 Å².